The highest BCUT2D eigenvalue weighted by Gasteiger charge is 2.45. The van der Waals surface area contributed by atoms with Gasteiger partial charge < -0.3 is 24.4 Å². The molecule has 0 aromatic rings. The number of nitrogens with zero attached hydrogens (tertiary/aromatic N) is 1. The van der Waals surface area contributed by atoms with Crippen molar-refractivity contribution in [3.05, 3.63) is 0 Å². The standard InChI is InChI=1S/C21H37N3O6S/c1-19(2,3)29-12-14(22-18(27)30-20(4,5)6)16(25)24-10-8-21(9-11-24)23-15(13-31-21)17(26)28-7/h14-15,23H,8-13H2,1-7H3,(H,22,27)/t14-,15-/m0/s1. The fourth-order valence-electron chi connectivity index (χ4n) is 3.47. The SMILES string of the molecule is COC(=O)[C@@H]1CSC2(CCN(C(=O)[C@H](COC(C)(C)C)NC(=O)OC(C)(C)C)CC2)N1. The van der Waals surface area contributed by atoms with Crippen LogP contribution in [0.4, 0.5) is 4.79 Å². The number of methoxy groups -OCH3 is 1. The fraction of sp³-hybridized carbons (Fsp3) is 0.857. The second kappa shape index (κ2) is 9.95. The van der Waals surface area contributed by atoms with Gasteiger partial charge in [-0.25, -0.2) is 4.79 Å². The van der Waals surface area contributed by atoms with Crippen LogP contribution in [0.3, 0.4) is 0 Å². The Hall–Kier alpha value is -1.52. The number of thioether (sulfide) groups is 1. The lowest BCUT2D eigenvalue weighted by atomic mass is 10.0. The molecule has 0 aromatic heterocycles. The van der Waals surface area contributed by atoms with E-state index < -0.39 is 23.3 Å². The van der Waals surface area contributed by atoms with Gasteiger partial charge in [-0.2, -0.15) is 0 Å². The van der Waals surface area contributed by atoms with Crippen molar-refractivity contribution >= 4 is 29.7 Å². The zero-order chi connectivity index (χ0) is 23.4. The second-order valence-electron chi connectivity index (χ2n) is 9.97. The maximum atomic E-state index is 13.2. The molecule has 2 amide bonds. The van der Waals surface area contributed by atoms with Gasteiger partial charge >= 0.3 is 12.1 Å². The lowest BCUT2D eigenvalue weighted by Gasteiger charge is -2.40. The minimum atomic E-state index is -0.838. The van der Waals surface area contributed by atoms with Crippen LogP contribution in [0.25, 0.3) is 0 Å². The zero-order valence-electron chi connectivity index (χ0n) is 19.7. The van der Waals surface area contributed by atoms with Gasteiger partial charge in [0.2, 0.25) is 5.91 Å². The number of hydrogen-bond acceptors (Lipinski definition) is 8. The van der Waals surface area contributed by atoms with Crippen molar-refractivity contribution in [1.82, 2.24) is 15.5 Å². The Morgan fingerprint density at radius 1 is 1.13 bits per heavy atom. The van der Waals surface area contributed by atoms with E-state index in [1.54, 1.807) is 37.4 Å². The van der Waals surface area contributed by atoms with E-state index in [2.05, 4.69) is 10.6 Å². The molecule has 2 rings (SSSR count). The van der Waals surface area contributed by atoms with Crippen LogP contribution in [0.5, 0.6) is 0 Å². The molecule has 0 radical (unpaired) electrons. The van der Waals surface area contributed by atoms with Crippen molar-refractivity contribution in [2.45, 2.75) is 82.5 Å². The van der Waals surface area contributed by atoms with E-state index in [1.165, 1.54) is 7.11 Å². The van der Waals surface area contributed by atoms with Gasteiger partial charge in [-0.1, -0.05) is 0 Å². The first-order valence-electron chi connectivity index (χ1n) is 10.7. The van der Waals surface area contributed by atoms with Gasteiger partial charge in [0.1, 0.15) is 17.7 Å². The van der Waals surface area contributed by atoms with Gasteiger partial charge in [0.05, 0.1) is 24.2 Å². The molecule has 2 aliphatic rings. The molecule has 0 bridgehead atoms. The smallest absolute Gasteiger partial charge is 0.408 e. The molecule has 0 saturated carbocycles. The van der Waals surface area contributed by atoms with Crippen LogP contribution in [0, 0.1) is 0 Å². The van der Waals surface area contributed by atoms with E-state index in [0.717, 1.165) is 0 Å². The lowest BCUT2D eigenvalue weighted by Crippen LogP contribution is -2.57. The number of carbonyl (C=O) groups excluding carboxylic acids is 3. The van der Waals surface area contributed by atoms with Crippen LogP contribution in [-0.4, -0.2) is 83.6 Å². The zero-order valence-corrected chi connectivity index (χ0v) is 20.5. The third-order valence-electron chi connectivity index (χ3n) is 5.00. The summed E-state index contributed by atoms with van der Waals surface area (Å²) in [6, 6.07) is -1.16. The van der Waals surface area contributed by atoms with Gasteiger partial charge in [0.25, 0.3) is 0 Å². The predicted molar refractivity (Wildman–Crippen MR) is 119 cm³/mol. The van der Waals surface area contributed by atoms with Gasteiger partial charge in [-0.15, -0.1) is 11.8 Å². The molecule has 0 aromatic carbocycles. The highest BCUT2D eigenvalue weighted by molar-refractivity contribution is 8.01. The summed E-state index contributed by atoms with van der Waals surface area (Å²) < 4.78 is 16.0. The van der Waals surface area contributed by atoms with E-state index in [-0.39, 0.29) is 29.4 Å². The molecule has 9 nitrogen and oxygen atoms in total. The van der Waals surface area contributed by atoms with Crippen LogP contribution >= 0.6 is 11.8 Å². The van der Waals surface area contributed by atoms with Gasteiger partial charge in [0, 0.05) is 18.8 Å². The normalized spacial score (nSPS) is 22.2. The number of hydrogen-bond donors (Lipinski definition) is 2. The quantitative estimate of drug-likeness (QED) is 0.601. The summed E-state index contributed by atoms with van der Waals surface area (Å²) in [6.07, 6.45) is 0.762. The van der Waals surface area contributed by atoms with Crippen molar-refractivity contribution in [3.8, 4) is 0 Å². The summed E-state index contributed by atoms with van der Waals surface area (Å²) in [7, 11) is 1.39. The average Bonchev–Trinajstić information content (AvgIpc) is 3.06. The number of nitrogens with one attached hydrogen (secondary N) is 2. The van der Waals surface area contributed by atoms with Crippen molar-refractivity contribution in [3.63, 3.8) is 0 Å². The molecule has 2 heterocycles. The first-order valence-corrected chi connectivity index (χ1v) is 11.6. The summed E-state index contributed by atoms with van der Waals surface area (Å²) in [5, 5.41) is 6.06. The Bertz CT molecular complexity index is 665. The number of alkyl carbamates (subject to hydrolysis) is 1. The fourth-order valence-corrected chi connectivity index (χ4v) is 4.87. The maximum Gasteiger partial charge on any atom is 0.408 e. The van der Waals surface area contributed by atoms with Crippen molar-refractivity contribution in [1.29, 1.82) is 0 Å². The molecule has 2 fully saturated rings. The second-order valence-corrected chi connectivity index (χ2v) is 11.4. The number of likely N-dealkylation sites (tertiary alicyclic amines) is 1. The van der Waals surface area contributed by atoms with E-state index in [1.807, 2.05) is 20.8 Å². The highest BCUT2D eigenvalue weighted by atomic mass is 32.2. The molecule has 2 N–H and O–H groups in total. The minimum Gasteiger partial charge on any atom is -0.468 e. The molecule has 0 unspecified atom stereocenters. The van der Waals surface area contributed by atoms with E-state index in [9.17, 15) is 14.4 Å². The highest BCUT2D eigenvalue weighted by Crippen LogP contribution is 2.39. The van der Waals surface area contributed by atoms with E-state index in [0.29, 0.717) is 31.7 Å². The van der Waals surface area contributed by atoms with E-state index >= 15 is 0 Å². The largest absolute Gasteiger partial charge is 0.468 e. The van der Waals surface area contributed by atoms with Crippen LogP contribution in [-0.2, 0) is 23.8 Å². The van der Waals surface area contributed by atoms with Gasteiger partial charge in [-0.05, 0) is 54.4 Å². The molecule has 10 heteroatoms. The summed E-state index contributed by atoms with van der Waals surface area (Å²) >= 11 is 1.71. The van der Waals surface area contributed by atoms with Crippen molar-refractivity contribution in [2.75, 3.05) is 32.6 Å². The Morgan fingerprint density at radius 2 is 1.74 bits per heavy atom. The Labute approximate surface area is 189 Å². The number of esters is 1. The third kappa shape index (κ3) is 7.84. The first kappa shape index (κ1) is 25.7. The van der Waals surface area contributed by atoms with Crippen LogP contribution in [0.1, 0.15) is 54.4 Å². The van der Waals surface area contributed by atoms with Gasteiger partial charge in [0.15, 0.2) is 0 Å². The molecule has 2 atom stereocenters. The number of piperidine rings is 1. The number of amides is 2. The topological polar surface area (TPSA) is 106 Å². The van der Waals surface area contributed by atoms with Crippen molar-refractivity contribution in [2.24, 2.45) is 0 Å². The lowest BCUT2D eigenvalue weighted by molar-refractivity contribution is -0.143. The minimum absolute atomic E-state index is 0.0562. The Balaban J connectivity index is 1.99. The van der Waals surface area contributed by atoms with Crippen LogP contribution in [0.2, 0.25) is 0 Å². The summed E-state index contributed by atoms with van der Waals surface area (Å²) in [6.45, 7) is 12.1. The monoisotopic (exact) mass is 459 g/mol. The maximum absolute atomic E-state index is 13.2. The van der Waals surface area contributed by atoms with Gasteiger partial charge in [-0.3, -0.25) is 14.9 Å². The molecule has 31 heavy (non-hydrogen) atoms. The first-order chi connectivity index (χ1) is 14.2. The third-order valence-corrected chi connectivity index (χ3v) is 6.58. The molecule has 0 aliphatic carbocycles. The summed E-state index contributed by atoms with van der Waals surface area (Å²) in [5.74, 6) is 0.199. The molecule has 178 valence electrons. The van der Waals surface area contributed by atoms with E-state index in [4.69, 9.17) is 14.2 Å². The molecular formula is C21H37N3O6S. The van der Waals surface area contributed by atoms with Crippen LogP contribution in [0.15, 0.2) is 0 Å². The number of ether oxygens (including phenoxy) is 3. The van der Waals surface area contributed by atoms with Crippen LogP contribution < -0.4 is 10.6 Å². The molecule has 2 saturated heterocycles. The van der Waals surface area contributed by atoms with Crippen molar-refractivity contribution < 1.29 is 28.6 Å². The Kier molecular flexibility index (Phi) is 8.27. The summed E-state index contributed by atoms with van der Waals surface area (Å²) in [4.78, 5) is 38.8. The molecular weight excluding hydrogens is 422 g/mol. The Morgan fingerprint density at radius 3 is 2.26 bits per heavy atom. The average molecular weight is 460 g/mol. The number of carbonyl (C=O) groups is 3. The summed E-state index contributed by atoms with van der Waals surface area (Å²) in [5.41, 5.74) is -1.12. The predicted octanol–water partition coefficient (Wildman–Crippen LogP) is 1.89. The molecule has 2 aliphatic heterocycles. The molecule has 1 spiro atoms. The number of rotatable bonds is 5.